The highest BCUT2D eigenvalue weighted by atomic mass is 35.5. The molecule has 7 nitrogen and oxygen atoms in total. The fourth-order valence-corrected chi connectivity index (χ4v) is 4.20. The third-order valence-corrected chi connectivity index (χ3v) is 5.50. The first-order valence-electron chi connectivity index (χ1n) is 9.36. The van der Waals surface area contributed by atoms with Crippen LogP contribution in [-0.4, -0.2) is 47.8 Å². The number of rotatable bonds is 2. The Morgan fingerprint density at radius 1 is 1.43 bits per heavy atom. The third kappa shape index (κ3) is 3.59. The van der Waals surface area contributed by atoms with Gasteiger partial charge in [-0.05, 0) is 39.2 Å². The Bertz CT molecular complexity index is 888. The summed E-state index contributed by atoms with van der Waals surface area (Å²) >= 11 is 6.23. The fourth-order valence-electron chi connectivity index (χ4n) is 3.97. The highest BCUT2D eigenvalue weighted by molar-refractivity contribution is 6.31. The number of hydrogen-bond acceptors (Lipinski definition) is 5. The molecule has 1 aromatic heterocycles. The van der Waals surface area contributed by atoms with Gasteiger partial charge in [0.1, 0.15) is 22.6 Å². The smallest absolute Gasteiger partial charge is 0.410 e. The van der Waals surface area contributed by atoms with Crippen LogP contribution in [0.15, 0.2) is 0 Å². The predicted molar refractivity (Wildman–Crippen MR) is 107 cm³/mol. The van der Waals surface area contributed by atoms with E-state index < -0.39 is 5.60 Å². The SMILES string of the molecule is [C-]#[N+]c1c(N2CCC3(CN(C(=O)OC(C)(C)C)C3)C2)nc(Cl)c(C#N)c1CC. The number of aromatic nitrogens is 1. The molecular weight excluding hydrogens is 378 g/mol. The summed E-state index contributed by atoms with van der Waals surface area (Å²) < 4.78 is 5.44. The molecule has 0 atom stereocenters. The lowest BCUT2D eigenvalue weighted by Gasteiger charge is -2.47. The molecule has 2 saturated heterocycles. The van der Waals surface area contributed by atoms with Crippen molar-refractivity contribution in [2.24, 2.45) is 5.41 Å². The second kappa shape index (κ2) is 7.14. The van der Waals surface area contributed by atoms with Crippen molar-refractivity contribution in [3.63, 3.8) is 0 Å². The van der Waals surface area contributed by atoms with Gasteiger partial charge in [-0.1, -0.05) is 18.5 Å². The van der Waals surface area contributed by atoms with Crippen LogP contribution in [0.1, 0.15) is 45.2 Å². The molecule has 28 heavy (non-hydrogen) atoms. The summed E-state index contributed by atoms with van der Waals surface area (Å²) in [5.41, 5.74) is 0.824. The van der Waals surface area contributed by atoms with Crippen molar-refractivity contribution < 1.29 is 9.53 Å². The Hall–Kier alpha value is -2.51. The number of carbonyl (C=O) groups excluding carboxylic acids is 1. The summed E-state index contributed by atoms with van der Waals surface area (Å²) in [6, 6.07) is 2.07. The molecule has 1 aromatic rings. The Labute approximate surface area is 170 Å². The summed E-state index contributed by atoms with van der Waals surface area (Å²) in [5.74, 6) is 0.545. The van der Waals surface area contributed by atoms with Gasteiger partial charge in [0.15, 0.2) is 0 Å². The summed E-state index contributed by atoms with van der Waals surface area (Å²) in [7, 11) is 0. The van der Waals surface area contributed by atoms with Crippen molar-refractivity contribution in [3.8, 4) is 6.07 Å². The van der Waals surface area contributed by atoms with E-state index >= 15 is 0 Å². The van der Waals surface area contributed by atoms with Crippen molar-refractivity contribution in [2.75, 3.05) is 31.1 Å². The molecule has 0 aromatic carbocycles. The summed E-state index contributed by atoms with van der Waals surface area (Å²) in [4.78, 5) is 24.1. The van der Waals surface area contributed by atoms with Crippen LogP contribution in [0.3, 0.4) is 0 Å². The van der Waals surface area contributed by atoms with E-state index in [4.69, 9.17) is 22.9 Å². The van der Waals surface area contributed by atoms with Gasteiger partial charge in [-0.25, -0.2) is 14.6 Å². The first kappa shape index (κ1) is 20.2. The van der Waals surface area contributed by atoms with E-state index in [1.807, 2.05) is 27.7 Å². The van der Waals surface area contributed by atoms with E-state index in [2.05, 4.69) is 20.8 Å². The number of likely N-dealkylation sites (tertiary alicyclic amines) is 1. The highest BCUT2D eigenvalue weighted by Gasteiger charge is 2.50. The molecule has 0 N–H and O–H groups in total. The molecule has 8 heteroatoms. The van der Waals surface area contributed by atoms with Crippen molar-refractivity contribution in [1.29, 1.82) is 5.26 Å². The lowest BCUT2D eigenvalue weighted by Crippen LogP contribution is -2.60. The highest BCUT2D eigenvalue weighted by Crippen LogP contribution is 2.45. The van der Waals surface area contributed by atoms with Gasteiger partial charge in [0.25, 0.3) is 0 Å². The van der Waals surface area contributed by atoms with Crippen LogP contribution in [0.5, 0.6) is 0 Å². The molecule has 1 amide bonds. The molecule has 0 aliphatic carbocycles. The number of pyridine rings is 1. The average Bonchev–Trinajstić information content (AvgIpc) is 3.03. The van der Waals surface area contributed by atoms with Crippen molar-refractivity contribution in [2.45, 2.75) is 46.1 Å². The lowest BCUT2D eigenvalue weighted by atomic mass is 9.79. The maximum absolute atomic E-state index is 12.2. The van der Waals surface area contributed by atoms with Gasteiger partial charge in [-0.3, -0.25) is 0 Å². The molecule has 0 unspecified atom stereocenters. The maximum Gasteiger partial charge on any atom is 0.410 e. The molecule has 1 spiro atoms. The first-order chi connectivity index (χ1) is 13.1. The second-order valence-electron chi connectivity index (χ2n) is 8.51. The van der Waals surface area contributed by atoms with E-state index in [0.29, 0.717) is 43.1 Å². The number of amides is 1. The molecule has 3 rings (SSSR count). The number of halogens is 1. The molecule has 0 radical (unpaired) electrons. The third-order valence-electron chi connectivity index (χ3n) is 5.23. The van der Waals surface area contributed by atoms with E-state index in [9.17, 15) is 10.1 Å². The number of anilines is 1. The van der Waals surface area contributed by atoms with E-state index in [1.165, 1.54) is 0 Å². The van der Waals surface area contributed by atoms with Gasteiger partial charge in [-0.2, -0.15) is 5.26 Å². The average molecular weight is 402 g/mol. The van der Waals surface area contributed by atoms with Crippen LogP contribution < -0.4 is 4.90 Å². The van der Waals surface area contributed by atoms with Gasteiger partial charge in [0.2, 0.25) is 5.69 Å². The molecule has 2 aliphatic rings. The van der Waals surface area contributed by atoms with E-state index in [-0.39, 0.29) is 22.2 Å². The minimum atomic E-state index is -0.508. The van der Waals surface area contributed by atoms with Crippen LogP contribution in [0.4, 0.5) is 16.3 Å². The van der Waals surface area contributed by atoms with Crippen LogP contribution in [-0.2, 0) is 11.2 Å². The topological polar surface area (TPSA) is 73.8 Å². The Morgan fingerprint density at radius 3 is 2.64 bits per heavy atom. The van der Waals surface area contributed by atoms with Crippen molar-refractivity contribution in [3.05, 3.63) is 27.7 Å². The summed E-state index contributed by atoms with van der Waals surface area (Å²) in [5, 5.41) is 9.50. The standard InChI is InChI=1S/C20H24ClN5O2/c1-6-13-14(9-22)16(21)24-17(15(13)23-5)25-8-7-20(10-25)11-26(12-20)18(27)28-19(2,3)4/h6-8,10-12H2,1-4H3. The zero-order valence-electron chi connectivity index (χ0n) is 16.7. The molecular formula is C20H24ClN5O2. The number of nitriles is 1. The van der Waals surface area contributed by atoms with Crippen LogP contribution in [0, 0.1) is 23.3 Å². The molecule has 0 bridgehead atoms. The Kier molecular flexibility index (Phi) is 5.16. The van der Waals surface area contributed by atoms with Crippen LogP contribution in [0.25, 0.3) is 4.85 Å². The maximum atomic E-state index is 12.2. The van der Waals surface area contributed by atoms with E-state index in [1.54, 1.807) is 4.90 Å². The van der Waals surface area contributed by atoms with Crippen LogP contribution in [0.2, 0.25) is 5.15 Å². The zero-order valence-corrected chi connectivity index (χ0v) is 17.4. The second-order valence-corrected chi connectivity index (χ2v) is 8.87. The number of ether oxygens (including phenoxy) is 1. The zero-order chi connectivity index (χ0) is 20.7. The minimum Gasteiger partial charge on any atom is -0.444 e. The number of nitrogens with zero attached hydrogens (tertiary/aromatic N) is 5. The van der Waals surface area contributed by atoms with Gasteiger partial charge in [0.05, 0.1) is 12.1 Å². The molecule has 2 fully saturated rings. The molecule has 148 valence electrons. The van der Waals surface area contributed by atoms with E-state index in [0.717, 1.165) is 13.0 Å². The Balaban J connectivity index is 1.77. The van der Waals surface area contributed by atoms with Gasteiger partial charge >= 0.3 is 6.09 Å². The molecule has 3 heterocycles. The summed E-state index contributed by atoms with van der Waals surface area (Å²) in [6.07, 6.45) is 1.16. The number of carbonyl (C=O) groups is 1. The lowest BCUT2D eigenvalue weighted by molar-refractivity contribution is -0.0266. The quantitative estimate of drug-likeness (QED) is 0.549. The molecule has 2 aliphatic heterocycles. The Morgan fingerprint density at radius 2 is 2.11 bits per heavy atom. The molecule has 0 saturated carbocycles. The van der Waals surface area contributed by atoms with Gasteiger partial charge in [-0.15, -0.1) is 0 Å². The minimum absolute atomic E-state index is 0.00929. The predicted octanol–water partition coefficient (Wildman–Crippen LogP) is 4.17. The normalized spacial score (nSPS) is 17.8. The number of hydrogen-bond donors (Lipinski definition) is 0. The fraction of sp³-hybridized carbons (Fsp3) is 0.600. The van der Waals surface area contributed by atoms with Gasteiger partial charge < -0.3 is 14.5 Å². The van der Waals surface area contributed by atoms with Crippen molar-refractivity contribution in [1.82, 2.24) is 9.88 Å². The largest absolute Gasteiger partial charge is 0.444 e. The van der Waals surface area contributed by atoms with Crippen LogP contribution >= 0.6 is 11.6 Å². The summed E-state index contributed by atoms with van der Waals surface area (Å²) in [6.45, 7) is 17.8. The first-order valence-corrected chi connectivity index (χ1v) is 9.73. The van der Waals surface area contributed by atoms with Gasteiger partial charge in [0, 0.05) is 31.6 Å². The monoisotopic (exact) mass is 401 g/mol. The van der Waals surface area contributed by atoms with Crippen molar-refractivity contribution >= 4 is 29.2 Å².